The Morgan fingerprint density at radius 3 is 2.47 bits per heavy atom. The van der Waals surface area contributed by atoms with E-state index in [1.807, 2.05) is 0 Å². The van der Waals surface area contributed by atoms with Gasteiger partial charge in [-0.25, -0.2) is 8.42 Å². The Morgan fingerprint density at radius 2 is 2.00 bits per heavy atom. The minimum absolute atomic E-state index is 0.592. The molecule has 0 saturated carbocycles. The van der Waals surface area contributed by atoms with Gasteiger partial charge in [-0.15, -0.1) is 0 Å². The molecule has 0 aliphatic carbocycles. The van der Waals surface area contributed by atoms with Crippen molar-refractivity contribution < 1.29 is 35.0 Å². The molecule has 17 heavy (non-hydrogen) atoms. The van der Waals surface area contributed by atoms with Gasteiger partial charge in [0.25, 0.3) is 5.97 Å². The third kappa shape index (κ3) is 1.72. The zero-order chi connectivity index (χ0) is 13.1. The summed E-state index contributed by atoms with van der Waals surface area (Å²) in [6.45, 7) is 0. The van der Waals surface area contributed by atoms with Crippen molar-refractivity contribution in [1.82, 2.24) is 0 Å². The average Bonchev–Trinajstić information content (AvgIpc) is 2.26. The highest BCUT2D eigenvalue weighted by Gasteiger charge is 2.60. The van der Waals surface area contributed by atoms with Gasteiger partial charge in [-0.1, -0.05) is 0 Å². The number of carbonyl (C=O) groups excluding carboxylic acids is 1. The first kappa shape index (κ1) is 12.3. The Kier molecular flexibility index (Phi) is 2.32. The first-order valence-corrected chi connectivity index (χ1v) is 7.76. The van der Waals surface area contributed by atoms with Gasteiger partial charge in [0.15, 0.2) is 11.1 Å². The van der Waals surface area contributed by atoms with Crippen molar-refractivity contribution >= 4 is 37.7 Å². The van der Waals surface area contributed by atoms with Gasteiger partial charge in [-0.3, -0.25) is 18.6 Å². The monoisotopic (exact) mass is 284 g/mol. The van der Waals surface area contributed by atoms with E-state index in [0.29, 0.717) is 6.26 Å². The summed E-state index contributed by atoms with van der Waals surface area (Å²) >= 11 is 0. The van der Waals surface area contributed by atoms with Crippen LogP contribution in [0, 0.1) is 5.41 Å². The number of fused-ring (bicyclic) bond motifs is 4. The molecule has 96 valence electrons. The molecule has 0 spiro atoms. The predicted octanol–water partition coefficient (Wildman–Crippen LogP) is -1.86. The van der Waals surface area contributed by atoms with Crippen molar-refractivity contribution in [3.8, 4) is 0 Å². The summed E-state index contributed by atoms with van der Waals surface area (Å²) in [6, 6.07) is -3.86. The lowest BCUT2D eigenvalue weighted by Gasteiger charge is -2.40. The molecule has 12 heteroatoms. The summed E-state index contributed by atoms with van der Waals surface area (Å²) in [5, 5.41) is 5.65. The standard InChI is InChI=1S/C5H7BNO8S2/c1-16(9,10)6-13-4(8)2-3(5(7)14-6)17(11,12)15-6/h3,7H,2H2,1H3/q-1. The van der Waals surface area contributed by atoms with Crippen molar-refractivity contribution in [3.05, 3.63) is 0 Å². The third-order valence-corrected chi connectivity index (χ3v) is 5.37. The molecule has 3 fully saturated rings. The number of carbonyl (C=O) groups is 1. The van der Waals surface area contributed by atoms with E-state index in [9.17, 15) is 21.6 Å². The number of hydrogen-bond donors (Lipinski definition) is 1. The van der Waals surface area contributed by atoms with Crippen LogP contribution in [0.5, 0.6) is 0 Å². The molecule has 0 aromatic heterocycles. The molecule has 0 amide bonds. The van der Waals surface area contributed by atoms with Crippen LogP contribution in [-0.2, 0) is 38.0 Å². The lowest BCUT2D eigenvalue weighted by molar-refractivity contribution is -0.135. The van der Waals surface area contributed by atoms with Crippen molar-refractivity contribution in [2.24, 2.45) is 0 Å². The summed E-state index contributed by atoms with van der Waals surface area (Å²) in [5.74, 6) is -1.98. The van der Waals surface area contributed by atoms with Crippen LogP contribution in [0.4, 0.5) is 0 Å². The Balaban J connectivity index is 2.69. The lowest BCUT2D eigenvalue weighted by Crippen LogP contribution is -2.59. The maximum atomic E-state index is 11.5. The molecule has 1 N–H and O–H groups in total. The fraction of sp³-hybridized carbons (Fsp3) is 0.600. The van der Waals surface area contributed by atoms with Gasteiger partial charge < -0.3 is 13.4 Å². The van der Waals surface area contributed by atoms with Gasteiger partial charge in [0.05, 0.1) is 6.42 Å². The Bertz CT molecular complexity index is 604. The van der Waals surface area contributed by atoms with E-state index in [1.54, 1.807) is 0 Å². The second-order valence-electron chi connectivity index (χ2n) is 3.66. The molecule has 0 radical (unpaired) electrons. The highest BCUT2D eigenvalue weighted by atomic mass is 32.2. The maximum Gasteiger partial charge on any atom is 0.634 e. The van der Waals surface area contributed by atoms with Crippen LogP contribution >= 0.6 is 0 Å². The maximum absolute atomic E-state index is 11.5. The van der Waals surface area contributed by atoms with Crippen LogP contribution in [0.15, 0.2) is 0 Å². The van der Waals surface area contributed by atoms with Crippen LogP contribution in [0.3, 0.4) is 0 Å². The summed E-state index contributed by atoms with van der Waals surface area (Å²) < 4.78 is 59.3. The van der Waals surface area contributed by atoms with E-state index < -0.39 is 49.4 Å². The zero-order valence-electron chi connectivity index (χ0n) is 8.44. The van der Waals surface area contributed by atoms with Crippen molar-refractivity contribution in [2.45, 2.75) is 11.7 Å². The minimum atomic E-state index is -4.43. The molecule has 2 atom stereocenters. The normalized spacial score (nSPS) is 35.9. The molecule has 3 saturated heterocycles. The molecule has 0 aromatic carbocycles. The van der Waals surface area contributed by atoms with Gasteiger partial charge in [-0.2, -0.15) is 0 Å². The third-order valence-electron chi connectivity index (χ3n) is 2.32. The fourth-order valence-corrected chi connectivity index (χ4v) is 4.12. The van der Waals surface area contributed by atoms with Crippen molar-refractivity contribution in [1.29, 1.82) is 5.41 Å². The Labute approximate surface area is 96.5 Å². The summed E-state index contributed by atoms with van der Waals surface area (Å²) in [7, 11) is -8.74. The second kappa shape index (κ2) is 3.20. The van der Waals surface area contributed by atoms with Gasteiger partial charge in [-0.05, 0) is 0 Å². The summed E-state index contributed by atoms with van der Waals surface area (Å²) in [6.07, 6.45) is -0.116. The van der Waals surface area contributed by atoms with E-state index in [0.717, 1.165) is 0 Å². The van der Waals surface area contributed by atoms with Crippen molar-refractivity contribution in [3.63, 3.8) is 0 Å². The van der Waals surface area contributed by atoms with E-state index >= 15 is 0 Å². The van der Waals surface area contributed by atoms with Gasteiger partial charge in [0, 0.05) is 6.26 Å². The SMILES string of the molecule is CS(=O)(=O)[B-]12OC(=N)C(CC(=O)O1)S(=O)(=O)O2. The van der Waals surface area contributed by atoms with Crippen LogP contribution in [-0.4, -0.2) is 46.2 Å². The Hall–Kier alpha value is -1.14. The molecule has 3 aliphatic rings. The van der Waals surface area contributed by atoms with E-state index in [4.69, 9.17) is 5.41 Å². The smallest absolute Gasteiger partial charge is 0.634 e. The molecule has 3 rings (SSSR count). The Morgan fingerprint density at radius 1 is 1.41 bits per heavy atom. The predicted molar refractivity (Wildman–Crippen MR) is 53.9 cm³/mol. The molecular weight excluding hydrogens is 277 g/mol. The number of rotatable bonds is 1. The molecular formula is C5H7BNO8S2-. The topological polar surface area (TPSA) is 137 Å². The van der Waals surface area contributed by atoms with Gasteiger partial charge in [0.2, 0.25) is 10.1 Å². The van der Waals surface area contributed by atoms with Gasteiger partial charge >= 0.3 is 6.03 Å². The van der Waals surface area contributed by atoms with Crippen LogP contribution in [0.2, 0.25) is 0 Å². The highest BCUT2D eigenvalue weighted by molar-refractivity contribution is 8.20. The fourth-order valence-electron chi connectivity index (χ4n) is 1.46. The number of hydrogen-bond acceptors (Lipinski definition) is 9. The quantitative estimate of drug-likeness (QED) is 0.553. The lowest BCUT2D eigenvalue weighted by atomic mass is 10.2. The van der Waals surface area contributed by atoms with Crippen LogP contribution < -0.4 is 0 Å². The van der Waals surface area contributed by atoms with E-state index in [-0.39, 0.29) is 0 Å². The number of nitrogens with one attached hydrogen (secondary N) is 1. The molecule has 2 bridgehead atoms. The first-order valence-electron chi connectivity index (χ1n) is 4.33. The van der Waals surface area contributed by atoms with Crippen LogP contribution in [0.1, 0.15) is 6.42 Å². The largest absolute Gasteiger partial charge is 0.636 e. The first-order chi connectivity index (χ1) is 7.57. The molecule has 3 aliphatic heterocycles. The molecule has 9 nitrogen and oxygen atoms in total. The average molecular weight is 284 g/mol. The second-order valence-corrected chi connectivity index (χ2v) is 7.64. The van der Waals surface area contributed by atoms with Crippen molar-refractivity contribution in [2.75, 3.05) is 6.26 Å². The molecule has 0 aromatic rings. The van der Waals surface area contributed by atoms with E-state index in [2.05, 4.69) is 13.4 Å². The minimum Gasteiger partial charge on any atom is -0.636 e. The summed E-state index contributed by atoms with van der Waals surface area (Å²) in [4.78, 5) is 11.2. The van der Waals surface area contributed by atoms with E-state index in [1.165, 1.54) is 0 Å². The van der Waals surface area contributed by atoms with Crippen LogP contribution in [0.25, 0.3) is 0 Å². The molecule has 2 unspecified atom stereocenters. The highest BCUT2D eigenvalue weighted by Crippen LogP contribution is 2.33. The zero-order valence-corrected chi connectivity index (χ0v) is 10.1. The summed E-state index contributed by atoms with van der Waals surface area (Å²) in [5.41, 5.74) is 0. The molecule has 3 heterocycles. The van der Waals surface area contributed by atoms with Gasteiger partial charge in [0.1, 0.15) is 9.69 Å².